The summed E-state index contributed by atoms with van der Waals surface area (Å²) in [5.41, 5.74) is 8.84. The highest BCUT2D eigenvalue weighted by molar-refractivity contribution is 6.06. The van der Waals surface area contributed by atoms with Gasteiger partial charge < -0.3 is 9.32 Å². The number of nitrogens with zero attached hydrogens (tertiary/aromatic N) is 1. The summed E-state index contributed by atoms with van der Waals surface area (Å²) in [4.78, 5) is 2.31. The van der Waals surface area contributed by atoms with Crippen molar-refractivity contribution in [3.8, 4) is 11.1 Å². The molecule has 0 bridgehead atoms. The maximum Gasteiger partial charge on any atom is 0.135 e. The molecule has 2 heteroatoms. The van der Waals surface area contributed by atoms with E-state index in [-0.39, 0.29) is 0 Å². The minimum atomic E-state index is 0.918. The number of fused-ring (bicyclic) bond motifs is 3. The van der Waals surface area contributed by atoms with Gasteiger partial charge in [-0.2, -0.15) is 0 Å². The predicted molar refractivity (Wildman–Crippen MR) is 139 cm³/mol. The molecule has 5 aromatic carbocycles. The van der Waals surface area contributed by atoms with E-state index in [1.165, 1.54) is 16.7 Å². The van der Waals surface area contributed by atoms with Gasteiger partial charge in [-0.05, 0) is 78.2 Å². The highest BCUT2D eigenvalue weighted by Gasteiger charge is 2.14. The Morgan fingerprint density at radius 2 is 1.15 bits per heavy atom. The van der Waals surface area contributed by atoms with E-state index in [0.29, 0.717) is 0 Å². The van der Waals surface area contributed by atoms with Gasteiger partial charge in [-0.1, -0.05) is 66.7 Å². The Hall–Kier alpha value is -4.30. The number of aryl methyl sites for hydroxylation is 1. The van der Waals surface area contributed by atoms with Gasteiger partial charge in [0.2, 0.25) is 0 Å². The van der Waals surface area contributed by atoms with Gasteiger partial charge in [0.15, 0.2) is 0 Å². The number of benzene rings is 5. The first-order chi connectivity index (χ1) is 16.3. The van der Waals surface area contributed by atoms with Gasteiger partial charge >= 0.3 is 0 Å². The second kappa shape index (κ2) is 7.99. The van der Waals surface area contributed by atoms with Crippen molar-refractivity contribution in [3.63, 3.8) is 0 Å². The molecule has 6 rings (SSSR count). The summed E-state index contributed by atoms with van der Waals surface area (Å²) in [5, 5.41) is 2.29. The van der Waals surface area contributed by atoms with Gasteiger partial charge in [0.25, 0.3) is 0 Å². The molecule has 1 heterocycles. The van der Waals surface area contributed by atoms with Crippen LogP contribution >= 0.6 is 0 Å². The molecule has 0 spiro atoms. The van der Waals surface area contributed by atoms with Crippen molar-refractivity contribution >= 4 is 39.0 Å². The zero-order valence-corrected chi connectivity index (χ0v) is 18.4. The molecule has 0 aliphatic heterocycles. The van der Waals surface area contributed by atoms with E-state index in [4.69, 9.17) is 4.42 Å². The third-order valence-corrected chi connectivity index (χ3v) is 6.09. The van der Waals surface area contributed by atoms with Crippen LogP contribution in [0.15, 0.2) is 126 Å². The van der Waals surface area contributed by atoms with Crippen LogP contribution in [-0.4, -0.2) is 0 Å². The molecule has 0 aliphatic rings. The van der Waals surface area contributed by atoms with E-state index in [9.17, 15) is 0 Å². The zero-order valence-electron chi connectivity index (χ0n) is 18.4. The molecule has 1 aromatic heterocycles. The lowest BCUT2D eigenvalue weighted by Crippen LogP contribution is -2.10. The van der Waals surface area contributed by atoms with Crippen molar-refractivity contribution in [1.29, 1.82) is 0 Å². The first kappa shape index (κ1) is 19.4. The van der Waals surface area contributed by atoms with E-state index in [2.05, 4.69) is 121 Å². The topological polar surface area (TPSA) is 16.4 Å². The Bertz CT molecular complexity index is 1580. The first-order valence-corrected chi connectivity index (χ1v) is 11.2. The van der Waals surface area contributed by atoms with Crippen LogP contribution in [0.2, 0.25) is 0 Å². The molecule has 0 saturated carbocycles. The minimum absolute atomic E-state index is 0.918. The van der Waals surface area contributed by atoms with Gasteiger partial charge in [-0.25, -0.2) is 0 Å². The Morgan fingerprint density at radius 1 is 0.485 bits per heavy atom. The van der Waals surface area contributed by atoms with E-state index < -0.39 is 0 Å². The minimum Gasteiger partial charge on any atom is -0.456 e. The lowest BCUT2D eigenvalue weighted by atomic mass is 10.0. The highest BCUT2D eigenvalue weighted by atomic mass is 16.3. The fourth-order valence-corrected chi connectivity index (χ4v) is 4.52. The second-order valence-corrected chi connectivity index (χ2v) is 8.37. The Balaban J connectivity index is 1.49. The summed E-state index contributed by atoms with van der Waals surface area (Å²) in [6.45, 7) is 2.13. The summed E-state index contributed by atoms with van der Waals surface area (Å²) >= 11 is 0. The molecule has 0 radical (unpaired) electrons. The molecule has 33 heavy (non-hydrogen) atoms. The zero-order chi connectivity index (χ0) is 22.2. The normalized spacial score (nSPS) is 11.2. The summed E-state index contributed by atoms with van der Waals surface area (Å²) in [5.74, 6) is 0. The molecule has 0 unspecified atom stereocenters. The van der Waals surface area contributed by atoms with Crippen LogP contribution < -0.4 is 4.90 Å². The fourth-order valence-electron chi connectivity index (χ4n) is 4.52. The number of hydrogen-bond acceptors (Lipinski definition) is 2. The SMILES string of the molecule is Cc1cccc(N(c2ccccc2)c2cccc(-c3ccc4oc5ccccc5c4c3)c2)c1. The van der Waals surface area contributed by atoms with Crippen LogP contribution in [0.5, 0.6) is 0 Å². The van der Waals surface area contributed by atoms with E-state index in [0.717, 1.165) is 39.0 Å². The summed E-state index contributed by atoms with van der Waals surface area (Å²) < 4.78 is 6.02. The smallest absolute Gasteiger partial charge is 0.135 e. The fraction of sp³-hybridized carbons (Fsp3) is 0.0323. The molecule has 0 amide bonds. The average Bonchev–Trinajstić information content (AvgIpc) is 3.23. The monoisotopic (exact) mass is 425 g/mol. The number of furan rings is 1. The largest absolute Gasteiger partial charge is 0.456 e. The molecule has 0 N–H and O–H groups in total. The molecular formula is C31H23NO. The summed E-state index contributed by atoms with van der Waals surface area (Å²) in [6.07, 6.45) is 0. The lowest BCUT2D eigenvalue weighted by Gasteiger charge is -2.26. The van der Waals surface area contributed by atoms with Crippen LogP contribution in [0.4, 0.5) is 17.1 Å². The number of rotatable bonds is 4. The van der Waals surface area contributed by atoms with Crippen molar-refractivity contribution < 1.29 is 4.42 Å². The van der Waals surface area contributed by atoms with Crippen LogP contribution in [0.1, 0.15) is 5.56 Å². The van der Waals surface area contributed by atoms with Crippen LogP contribution in [0.3, 0.4) is 0 Å². The van der Waals surface area contributed by atoms with Gasteiger partial charge in [0, 0.05) is 27.8 Å². The summed E-state index contributed by atoms with van der Waals surface area (Å²) in [6, 6.07) is 42.6. The van der Waals surface area contributed by atoms with Crippen LogP contribution in [0.25, 0.3) is 33.1 Å². The third kappa shape index (κ3) is 3.56. The molecule has 6 aromatic rings. The molecule has 2 nitrogen and oxygen atoms in total. The molecule has 0 saturated heterocycles. The standard InChI is InChI=1S/C31H23NO/c1-22-9-7-13-26(19-22)32(25-11-3-2-4-12-25)27-14-8-10-23(20-27)24-17-18-31-29(21-24)28-15-5-6-16-30(28)33-31/h2-21H,1H3. The molecular weight excluding hydrogens is 402 g/mol. The van der Waals surface area contributed by atoms with Crippen molar-refractivity contribution in [3.05, 3.63) is 127 Å². The number of para-hydroxylation sites is 2. The van der Waals surface area contributed by atoms with Gasteiger partial charge in [-0.15, -0.1) is 0 Å². The summed E-state index contributed by atoms with van der Waals surface area (Å²) in [7, 11) is 0. The van der Waals surface area contributed by atoms with E-state index in [1.54, 1.807) is 0 Å². The Morgan fingerprint density at radius 3 is 2.00 bits per heavy atom. The molecule has 0 fully saturated rings. The Kier molecular flexibility index (Phi) is 4.70. The van der Waals surface area contributed by atoms with Gasteiger partial charge in [0.1, 0.15) is 11.2 Å². The first-order valence-electron chi connectivity index (χ1n) is 11.2. The molecule has 0 aliphatic carbocycles. The third-order valence-electron chi connectivity index (χ3n) is 6.09. The van der Waals surface area contributed by atoms with Gasteiger partial charge in [0.05, 0.1) is 0 Å². The van der Waals surface area contributed by atoms with Crippen molar-refractivity contribution in [2.24, 2.45) is 0 Å². The van der Waals surface area contributed by atoms with E-state index >= 15 is 0 Å². The van der Waals surface area contributed by atoms with Crippen LogP contribution in [-0.2, 0) is 0 Å². The quantitative estimate of drug-likeness (QED) is 0.280. The maximum absolute atomic E-state index is 6.02. The lowest BCUT2D eigenvalue weighted by molar-refractivity contribution is 0.669. The molecule has 0 atom stereocenters. The van der Waals surface area contributed by atoms with E-state index in [1.807, 2.05) is 12.1 Å². The number of hydrogen-bond donors (Lipinski definition) is 0. The second-order valence-electron chi connectivity index (χ2n) is 8.37. The highest BCUT2D eigenvalue weighted by Crippen LogP contribution is 2.38. The van der Waals surface area contributed by atoms with Crippen LogP contribution in [0, 0.1) is 6.92 Å². The number of anilines is 3. The van der Waals surface area contributed by atoms with Gasteiger partial charge in [-0.3, -0.25) is 0 Å². The predicted octanol–water partition coefficient (Wildman–Crippen LogP) is 9.03. The van der Waals surface area contributed by atoms with Crippen molar-refractivity contribution in [2.75, 3.05) is 4.90 Å². The van der Waals surface area contributed by atoms with Crippen molar-refractivity contribution in [2.45, 2.75) is 6.92 Å². The average molecular weight is 426 g/mol. The Labute approximate surface area is 193 Å². The van der Waals surface area contributed by atoms with Crippen molar-refractivity contribution in [1.82, 2.24) is 0 Å². The maximum atomic E-state index is 6.02. The molecule has 158 valence electrons.